The molecule has 116 valence electrons. The van der Waals surface area contributed by atoms with E-state index in [0.717, 1.165) is 29.2 Å². The van der Waals surface area contributed by atoms with Gasteiger partial charge in [0.05, 0.1) is 5.71 Å². The van der Waals surface area contributed by atoms with Crippen molar-refractivity contribution in [1.29, 1.82) is 0 Å². The maximum absolute atomic E-state index is 5.87. The van der Waals surface area contributed by atoms with Gasteiger partial charge in [0.25, 0.3) is 0 Å². The molecule has 0 aliphatic rings. The first kappa shape index (κ1) is 16.8. The third kappa shape index (κ3) is 5.04. The molecule has 0 saturated carbocycles. The van der Waals surface area contributed by atoms with Gasteiger partial charge < -0.3 is 9.57 Å². The molecule has 0 bridgehead atoms. The van der Waals surface area contributed by atoms with Crippen molar-refractivity contribution < 1.29 is 9.57 Å². The lowest BCUT2D eigenvalue weighted by Gasteiger charge is -2.08. The van der Waals surface area contributed by atoms with Crippen molar-refractivity contribution in [3.05, 3.63) is 59.1 Å². The molecule has 0 N–H and O–H groups in total. The number of nitrogens with zero attached hydrogens (tertiary/aromatic N) is 1. The zero-order chi connectivity index (χ0) is 15.8. The van der Waals surface area contributed by atoms with Gasteiger partial charge in [0.2, 0.25) is 0 Å². The molecular formula is C17H17BrClNO2. The lowest BCUT2D eigenvalue weighted by Crippen LogP contribution is -2.04. The van der Waals surface area contributed by atoms with Crippen molar-refractivity contribution in [3.8, 4) is 11.5 Å². The van der Waals surface area contributed by atoms with Crippen LogP contribution in [0.25, 0.3) is 0 Å². The molecule has 0 radical (unpaired) electrons. The van der Waals surface area contributed by atoms with Crippen LogP contribution in [0.15, 0.2) is 53.7 Å². The van der Waals surface area contributed by atoms with Crippen molar-refractivity contribution in [2.45, 2.75) is 13.3 Å². The van der Waals surface area contributed by atoms with Gasteiger partial charge in [0.1, 0.15) is 18.1 Å². The lowest BCUT2D eigenvalue weighted by molar-refractivity contribution is 0.145. The van der Waals surface area contributed by atoms with Crippen LogP contribution in [0.1, 0.15) is 18.9 Å². The second kappa shape index (κ2) is 8.81. The number of oxime groups is 1. The molecule has 22 heavy (non-hydrogen) atoms. The molecular weight excluding hydrogens is 366 g/mol. The van der Waals surface area contributed by atoms with Gasteiger partial charge in [0, 0.05) is 15.9 Å². The van der Waals surface area contributed by atoms with Gasteiger partial charge >= 0.3 is 0 Å². The predicted molar refractivity (Wildman–Crippen MR) is 94.5 cm³/mol. The highest BCUT2D eigenvalue weighted by molar-refractivity contribution is 9.09. The standard InChI is InChI=1S/C17H17BrClNO2/c1-2-10-21-20-17(12-18)13-4-3-5-16(11-13)22-15-8-6-14(19)7-9-15/h3-9,11H,2,10,12H2,1H3. The molecule has 0 fully saturated rings. The Labute approximate surface area is 144 Å². The van der Waals surface area contributed by atoms with Crippen LogP contribution in [0.5, 0.6) is 11.5 Å². The van der Waals surface area contributed by atoms with E-state index < -0.39 is 0 Å². The van der Waals surface area contributed by atoms with Crippen molar-refractivity contribution in [2.24, 2.45) is 5.16 Å². The summed E-state index contributed by atoms with van der Waals surface area (Å²) in [5.41, 5.74) is 1.79. The summed E-state index contributed by atoms with van der Waals surface area (Å²) < 4.78 is 5.82. The molecule has 0 amide bonds. The minimum Gasteiger partial charge on any atom is -0.457 e. The van der Waals surface area contributed by atoms with Gasteiger partial charge in [-0.25, -0.2) is 0 Å². The molecule has 2 aromatic carbocycles. The molecule has 0 heterocycles. The Morgan fingerprint density at radius 3 is 2.59 bits per heavy atom. The van der Waals surface area contributed by atoms with E-state index >= 15 is 0 Å². The summed E-state index contributed by atoms with van der Waals surface area (Å²) in [6.07, 6.45) is 0.929. The largest absolute Gasteiger partial charge is 0.457 e. The number of hydrogen-bond donors (Lipinski definition) is 0. The van der Waals surface area contributed by atoms with E-state index in [0.29, 0.717) is 17.0 Å². The Hall–Kier alpha value is -1.52. The Kier molecular flexibility index (Phi) is 6.74. The molecule has 0 aromatic heterocycles. The monoisotopic (exact) mass is 381 g/mol. The Balaban J connectivity index is 2.14. The first-order valence-electron chi connectivity index (χ1n) is 7.01. The second-order valence-corrected chi connectivity index (χ2v) is 5.59. The minimum atomic E-state index is 0.609. The van der Waals surface area contributed by atoms with Crippen molar-refractivity contribution in [2.75, 3.05) is 11.9 Å². The average molecular weight is 383 g/mol. The summed E-state index contributed by atoms with van der Waals surface area (Å²) in [6.45, 7) is 2.65. The maximum atomic E-state index is 5.87. The molecule has 0 unspecified atom stereocenters. The summed E-state index contributed by atoms with van der Waals surface area (Å²) in [6, 6.07) is 15.0. The average Bonchev–Trinajstić information content (AvgIpc) is 2.54. The zero-order valence-electron chi connectivity index (χ0n) is 12.3. The summed E-state index contributed by atoms with van der Waals surface area (Å²) in [5, 5.41) is 5.45. The first-order chi connectivity index (χ1) is 10.7. The normalized spacial score (nSPS) is 11.3. The third-order valence-electron chi connectivity index (χ3n) is 2.81. The zero-order valence-corrected chi connectivity index (χ0v) is 14.6. The minimum absolute atomic E-state index is 0.609. The SMILES string of the molecule is CCCON=C(CBr)c1cccc(Oc2ccc(Cl)cc2)c1. The first-order valence-corrected chi connectivity index (χ1v) is 8.51. The molecule has 0 atom stereocenters. The van der Waals surface area contributed by atoms with E-state index in [1.807, 2.05) is 43.3 Å². The van der Waals surface area contributed by atoms with Crippen LogP contribution in [0.2, 0.25) is 5.02 Å². The quantitative estimate of drug-likeness (QED) is 0.268. The van der Waals surface area contributed by atoms with E-state index in [1.165, 1.54) is 0 Å². The Bertz CT molecular complexity index is 629. The number of hydrogen-bond acceptors (Lipinski definition) is 3. The summed E-state index contributed by atoms with van der Waals surface area (Å²) >= 11 is 9.31. The molecule has 2 aromatic rings. The fraction of sp³-hybridized carbons (Fsp3) is 0.235. The van der Waals surface area contributed by atoms with E-state index in [4.69, 9.17) is 21.2 Å². The Morgan fingerprint density at radius 1 is 1.14 bits per heavy atom. The van der Waals surface area contributed by atoms with Gasteiger partial charge in [-0.2, -0.15) is 0 Å². The summed E-state index contributed by atoms with van der Waals surface area (Å²) in [5.74, 6) is 1.48. The molecule has 0 aliphatic heterocycles. The number of alkyl halides is 1. The van der Waals surface area contributed by atoms with Gasteiger partial charge in [0.15, 0.2) is 0 Å². The van der Waals surface area contributed by atoms with E-state index in [-0.39, 0.29) is 0 Å². The van der Waals surface area contributed by atoms with Gasteiger partial charge in [-0.05, 0) is 42.8 Å². The van der Waals surface area contributed by atoms with E-state index in [2.05, 4.69) is 21.1 Å². The van der Waals surface area contributed by atoms with Crippen LogP contribution in [0.3, 0.4) is 0 Å². The molecule has 0 saturated heterocycles. The van der Waals surface area contributed by atoms with Crippen LogP contribution < -0.4 is 4.74 Å². The topological polar surface area (TPSA) is 30.8 Å². The van der Waals surface area contributed by atoms with Crippen molar-refractivity contribution >= 4 is 33.2 Å². The molecule has 0 spiro atoms. The maximum Gasteiger partial charge on any atom is 0.128 e. The molecule has 3 nitrogen and oxygen atoms in total. The van der Waals surface area contributed by atoms with Crippen LogP contribution in [0.4, 0.5) is 0 Å². The predicted octanol–water partition coefficient (Wildman–Crippen LogP) is 5.66. The number of benzene rings is 2. The highest BCUT2D eigenvalue weighted by Gasteiger charge is 2.06. The molecule has 0 aliphatic carbocycles. The highest BCUT2D eigenvalue weighted by atomic mass is 79.9. The Morgan fingerprint density at radius 2 is 1.91 bits per heavy atom. The second-order valence-electron chi connectivity index (χ2n) is 4.59. The van der Waals surface area contributed by atoms with Crippen molar-refractivity contribution in [1.82, 2.24) is 0 Å². The van der Waals surface area contributed by atoms with E-state index in [9.17, 15) is 0 Å². The van der Waals surface area contributed by atoms with Gasteiger partial charge in [-0.3, -0.25) is 0 Å². The number of rotatable bonds is 7. The molecule has 5 heteroatoms. The lowest BCUT2D eigenvalue weighted by atomic mass is 10.1. The van der Waals surface area contributed by atoms with Crippen LogP contribution in [-0.2, 0) is 4.84 Å². The van der Waals surface area contributed by atoms with Crippen LogP contribution in [0, 0.1) is 0 Å². The summed E-state index contributed by atoms with van der Waals surface area (Å²) in [7, 11) is 0. The van der Waals surface area contributed by atoms with Gasteiger partial charge in [-0.1, -0.05) is 51.7 Å². The van der Waals surface area contributed by atoms with Gasteiger partial charge in [-0.15, -0.1) is 0 Å². The third-order valence-corrected chi connectivity index (χ3v) is 3.60. The number of ether oxygens (including phenoxy) is 1. The van der Waals surface area contributed by atoms with E-state index in [1.54, 1.807) is 12.1 Å². The van der Waals surface area contributed by atoms with Crippen LogP contribution in [-0.4, -0.2) is 17.6 Å². The van der Waals surface area contributed by atoms with Crippen LogP contribution >= 0.6 is 27.5 Å². The van der Waals surface area contributed by atoms with Crippen molar-refractivity contribution in [3.63, 3.8) is 0 Å². The summed E-state index contributed by atoms with van der Waals surface area (Å²) in [4.78, 5) is 5.26. The number of halogens is 2. The molecule has 2 rings (SSSR count). The smallest absolute Gasteiger partial charge is 0.128 e. The fourth-order valence-electron chi connectivity index (χ4n) is 1.75. The highest BCUT2D eigenvalue weighted by Crippen LogP contribution is 2.24. The fourth-order valence-corrected chi connectivity index (χ4v) is 2.30.